The van der Waals surface area contributed by atoms with E-state index in [0.29, 0.717) is 53.1 Å². The molecule has 5 atom stereocenters. The lowest BCUT2D eigenvalue weighted by atomic mass is 9.49. The van der Waals surface area contributed by atoms with E-state index in [1.807, 2.05) is 37.5 Å². The van der Waals surface area contributed by atoms with Crippen LogP contribution in [0.25, 0.3) is 5.57 Å². The number of fused-ring (bicyclic) bond motifs is 1. The van der Waals surface area contributed by atoms with Gasteiger partial charge in [0.1, 0.15) is 35.7 Å². The number of piperidine rings is 1. The zero-order valence-electron chi connectivity index (χ0n) is 44.2. The monoisotopic (exact) mass is 1010 g/mol. The first-order chi connectivity index (χ1) is 34.9. The largest absolute Gasteiger partial charge is 0.489 e. The highest BCUT2D eigenvalue weighted by molar-refractivity contribution is 6.31. The number of nitriles is 1. The Kier molecular flexibility index (Phi) is 15.0. The fraction of sp³-hybridized carbons (Fsp3) is 0.610. The average molecular weight is 1020 g/mol. The van der Waals surface area contributed by atoms with Gasteiger partial charge in [-0.2, -0.15) is 5.26 Å². The Balaban J connectivity index is 0.721. The van der Waals surface area contributed by atoms with E-state index in [4.69, 9.17) is 21.1 Å². The van der Waals surface area contributed by atoms with Crippen molar-refractivity contribution in [2.45, 2.75) is 147 Å². The summed E-state index contributed by atoms with van der Waals surface area (Å²) in [5.74, 6) is 3.41. The molecule has 10 rings (SSSR count). The highest BCUT2D eigenvalue weighted by Crippen LogP contribution is 2.56. The highest BCUT2D eigenvalue weighted by Gasteiger charge is 2.63. The normalized spacial score (nSPS) is 29.3. The van der Waals surface area contributed by atoms with Crippen molar-refractivity contribution >= 4 is 28.9 Å². The molecule has 3 aromatic carbocycles. The number of likely N-dealkylation sites (N-methyl/N-ethyl adjacent to an activating group) is 1. The van der Waals surface area contributed by atoms with Crippen LogP contribution in [-0.2, 0) is 15.2 Å². The Bertz CT molecular complexity index is 2550. The number of carbonyl (C=O) groups is 2. The Hall–Kier alpha value is -4.36. The average Bonchev–Trinajstić information content (AvgIpc) is 3.69. The minimum absolute atomic E-state index is 0.0439. The van der Waals surface area contributed by atoms with Gasteiger partial charge in [-0.05, 0) is 112 Å². The number of Topliss-reactive ketones (excluding diaryl/α,β-unsaturated/α-hetero) is 1. The first-order valence-corrected chi connectivity index (χ1v) is 27.7. The molecule has 0 bridgehead atoms. The summed E-state index contributed by atoms with van der Waals surface area (Å²) in [7, 11) is 1.81. The molecular formula is C59H79ClN8O5. The van der Waals surface area contributed by atoms with Crippen LogP contribution < -0.4 is 30.7 Å². The van der Waals surface area contributed by atoms with Crippen LogP contribution >= 0.6 is 11.6 Å². The van der Waals surface area contributed by atoms with E-state index >= 15 is 0 Å². The van der Waals surface area contributed by atoms with Crippen LogP contribution in [0.5, 0.6) is 17.2 Å². The third kappa shape index (κ3) is 10.5. The Morgan fingerprint density at radius 3 is 2.27 bits per heavy atom. The second-order valence-electron chi connectivity index (χ2n) is 24.3. The summed E-state index contributed by atoms with van der Waals surface area (Å²) in [4.78, 5) is 34.4. The first-order valence-electron chi connectivity index (χ1n) is 27.4. The van der Waals surface area contributed by atoms with Gasteiger partial charge >= 0.3 is 0 Å². The Morgan fingerprint density at radius 2 is 1.60 bits per heavy atom. The SMILES string of the molecule is CN1C=C(c2cc(C(C)(C)O)ccc2Oc2ccc(C3CN(C4CCN(C5NCC(C(=O)CNC6C(C)(C)C(Oc7ccc(C#N)c(Cl)c7)C6(C)C)C(C6CCCCCC6)N5)CC4)C3)cc2)C2CCNC2C1=O. The Labute approximate surface area is 438 Å². The molecule has 2 saturated carbocycles. The van der Waals surface area contributed by atoms with Crippen molar-refractivity contribution in [3.8, 4) is 23.3 Å². The summed E-state index contributed by atoms with van der Waals surface area (Å²) in [5, 5.41) is 35.7. The number of aliphatic hydroxyl groups is 1. The molecule has 0 aromatic heterocycles. The van der Waals surface area contributed by atoms with Crippen molar-refractivity contribution in [2.75, 3.05) is 52.9 Å². The number of ether oxygens (including phenoxy) is 2. The van der Waals surface area contributed by atoms with E-state index in [1.54, 1.807) is 30.9 Å². The lowest BCUT2D eigenvalue weighted by Crippen LogP contribution is -2.75. The van der Waals surface area contributed by atoms with Crippen LogP contribution in [0.3, 0.4) is 0 Å². The molecule has 0 spiro atoms. The number of halogens is 1. The fourth-order valence-electron chi connectivity index (χ4n) is 14.3. The summed E-state index contributed by atoms with van der Waals surface area (Å²) in [5.41, 5.74) is 3.03. The summed E-state index contributed by atoms with van der Waals surface area (Å²) < 4.78 is 13.2. The van der Waals surface area contributed by atoms with Gasteiger partial charge in [-0.3, -0.25) is 30.0 Å². The maximum Gasteiger partial charge on any atom is 0.244 e. The van der Waals surface area contributed by atoms with Gasteiger partial charge in [-0.1, -0.05) is 83.2 Å². The topological polar surface area (TPSA) is 154 Å². The van der Waals surface area contributed by atoms with Crippen LogP contribution in [0.15, 0.2) is 66.9 Å². The van der Waals surface area contributed by atoms with Crippen LogP contribution in [0.4, 0.5) is 0 Å². The third-order valence-corrected chi connectivity index (χ3v) is 18.5. The second-order valence-corrected chi connectivity index (χ2v) is 24.7. The number of carbonyl (C=O) groups excluding carboxylic acids is 2. The number of rotatable bonds is 14. The van der Waals surface area contributed by atoms with Crippen molar-refractivity contribution in [1.82, 2.24) is 36.0 Å². The quantitative estimate of drug-likeness (QED) is 0.0987. The van der Waals surface area contributed by atoms with E-state index < -0.39 is 5.60 Å². The minimum Gasteiger partial charge on any atom is -0.489 e. The standard InChI is InChI=1S/C59H79ClN8O5/c1-57(2)54(58(3,4)55(57)73-43-20-16-38(30-61)48(60)29-43)63-32-49(69)46-31-64-56(65-51(46)37-12-10-8-9-11-13-37)67-26-23-41(24-27-67)68-33-39(34-68)36-14-18-42(19-15-36)72-50-21-17-40(59(5,6)71)28-45(50)47-35-66(7)53(70)52-44(47)22-25-62-52/h14-21,28-29,35,37,39,41,44,46,51-52,54-56,62-65,71H,8-13,22-27,31-34H2,1-7H3. The highest BCUT2D eigenvalue weighted by atomic mass is 35.5. The smallest absolute Gasteiger partial charge is 0.244 e. The van der Waals surface area contributed by atoms with Gasteiger partial charge in [0, 0.05) is 104 Å². The van der Waals surface area contributed by atoms with E-state index in [-0.39, 0.29) is 64.9 Å². The predicted octanol–water partition coefficient (Wildman–Crippen LogP) is 8.36. The molecule has 5 N–H and O–H groups in total. The number of nitrogens with one attached hydrogen (secondary N) is 4. The van der Waals surface area contributed by atoms with Crippen molar-refractivity contribution in [3.63, 3.8) is 0 Å². The second kappa shape index (κ2) is 21.0. The van der Waals surface area contributed by atoms with Crippen LogP contribution in [0, 0.1) is 39.9 Å². The number of hydrogen-bond acceptors (Lipinski definition) is 12. The van der Waals surface area contributed by atoms with Crippen LogP contribution in [-0.4, -0.2) is 121 Å². The van der Waals surface area contributed by atoms with Crippen LogP contribution in [0.2, 0.25) is 5.02 Å². The van der Waals surface area contributed by atoms with E-state index in [1.165, 1.54) is 44.1 Å². The molecule has 14 heteroatoms. The lowest BCUT2D eigenvalue weighted by molar-refractivity contribution is -0.169. The van der Waals surface area contributed by atoms with Gasteiger partial charge < -0.3 is 30.1 Å². The number of nitrogens with zero attached hydrogens (tertiary/aromatic N) is 4. The maximum atomic E-state index is 14.4. The molecular weight excluding hydrogens is 936 g/mol. The number of hydrogen-bond donors (Lipinski definition) is 5. The summed E-state index contributed by atoms with van der Waals surface area (Å²) in [6, 6.07) is 22.4. The van der Waals surface area contributed by atoms with Crippen molar-refractivity contribution in [2.24, 2.45) is 28.6 Å². The molecule has 0 radical (unpaired) electrons. The molecule has 392 valence electrons. The van der Waals surface area contributed by atoms with Gasteiger partial charge in [-0.15, -0.1) is 0 Å². The number of likely N-dealkylation sites (tertiary alicyclic amines) is 2. The molecule has 5 aliphatic heterocycles. The summed E-state index contributed by atoms with van der Waals surface area (Å²) >= 11 is 6.36. The molecule has 4 saturated heterocycles. The molecule has 1 amide bonds. The third-order valence-electron chi connectivity index (χ3n) is 18.2. The zero-order chi connectivity index (χ0) is 51.4. The van der Waals surface area contributed by atoms with Gasteiger partial charge in [0.05, 0.1) is 28.8 Å². The molecule has 2 aliphatic carbocycles. The van der Waals surface area contributed by atoms with Gasteiger partial charge in [-0.25, -0.2) is 0 Å². The molecule has 5 unspecified atom stereocenters. The van der Waals surface area contributed by atoms with Crippen molar-refractivity contribution < 1.29 is 24.2 Å². The molecule has 5 heterocycles. The summed E-state index contributed by atoms with van der Waals surface area (Å²) in [6.45, 7) is 18.4. The van der Waals surface area contributed by atoms with Gasteiger partial charge in [0.25, 0.3) is 0 Å². The summed E-state index contributed by atoms with van der Waals surface area (Å²) in [6.07, 6.45) is 12.4. The number of benzene rings is 3. The predicted molar refractivity (Wildman–Crippen MR) is 286 cm³/mol. The van der Waals surface area contributed by atoms with Gasteiger partial charge in [0.2, 0.25) is 5.91 Å². The minimum atomic E-state index is -1.03. The van der Waals surface area contributed by atoms with Crippen LogP contribution in [0.1, 0.15) is 128 Å². The lowest BCUT2D eigenvalue weighted by Gasteiger charge is -2.63. The molecule has 73 heavy (non-hydrogen) atoms. The van der Waals surface area contributed by atoms with Crippen molar-refractivity contribution in [1.29, 1.82) is 5.26 Å². The van der Waals surface area contributed by atoms with E-state index in [9.17, 15) is 20.0 Å². The zero-order valence-corrected chi connectivity index (χ0v) is 44.9. The molecule has 13 nitrogen and oxygen atoms in total. The number of amides is 1. The molecule has 3 aromatic rings. The molecule has 6 fully saturated rings. The Morgan fingerprint density at radius 1 is 0.904 bits per heavy atom. The van der Waals surface area contributed by atoms with E-state index in [2.05, 4.69) is 89.1 Å². The first kappa shape index (κ1) is 52.1. The van der Waals surface area contributed by atoms with Gasteiger partial charge in [0.15, 0.2) is 5.78 Å². The number of ketones is 1. The van der Waals surface area contributed by atoms with Crippen molar-refractivity contribution in [3.05, 3.63) is 94.1 Å². The molecule has 7 aliphatic rings. The fourth-order valence-corrected chi connectivity index (χ4v) is 14.5. The maximum absolute atomic E-state index is 14.4. The van der Waals surface area contributed by atoms with E-state index in [0.717, 1.165) is 74.4 Å².